The number of carbonyl (C=O) groups excluding carboxylic acids is 1. The topological polar surface area (TPSA) is 53.4 Å². The van der Waals surface area contributed by atoms with Gasteiger partial charge in [-0.3, -0.25) is 9.58 Å². The summed E-state index contributed by atoms with van der Waals surface area (Å²) in [5.41, 5.74) is 2.93. The average molecular weight is 390 g/mol. The van der Waals surface area contributed by atoms with Gasteiger partial charge in [0, 0.05) is 55.2 Å². The second kappa shape index (κ2) is 7.90. The van der Waals surface area contributed by atoms with Gasteiger partial charge in [-0.15, -0.1) is 0 Å². The van der Waals surface area contributed by atoms with E-state index in [1.165, 1.54) is 5.56 Å². The van der Waals surface area contributed by atoms with Crippen LogP contribution in [0.3, 0.4) is 0 Å². The van der Waals surface area contributed by atoms with Crippen molar-refractivity contribution in [1.29, 1.82) is 0 Å². The molecule has 0 unspecified atom stereocenters. The predicted molar refractivity (Wildman–Crippen MR) is 109 cm³/mol. The van der Waals surface area contributed by atoms with Gasteiger partial charge in [0.15, 0.2) is 0 Å². The maximum absolute atomic E-state index is 12.5. The summed E-state index contributed by atoms with van der Waals surface area (Å²) in [6.45, 7) is 12.3. The number of urea groups is 1. The monoisotopic (exact) mass is 389 g/mol. The first kappa shape index (κ1) is 19.7. The number of hydrogen-bond donors (Lipinski definition) is 1. The fourth-order valence-electron chi connectivity index (χ4n) is 3.05. The molecule has 1 N–H and O–H groups in total. The number of aryl methyl sites for hydroxylation is 1. The lowest BCUT2D eigenvalue weighted by Gasteiger charge is -2.34. The van der Waals surface area contributed by atoms with Crippen LogP contribution in [0.25, 0.3) is 0 Å². The standard InChI is InChI=1S/C20H28ClN5O/c1-15-5-6-17(11-18(15)21)23-19(27)25-9-7-24(8-10-25)13-16-12-22-26(14-16)20(2,3)4/h5-6,11-12,14H,7-10,13H2,1-4H3,(H,23,27). The minimum atomic E-state index is -0.0740. The van der Waals surface area contributed by atoms with Crippen LogP contribution in [0.2, 0.25) is 5.02 Å². The molecule has 2 amide bonds. The summed E-state index contributed by atoms with van der Waals surface area (Å²) in [4.78, 5) is 16.7. The van der Waals surface area contributed by atoms with Crippen molar-refractivity contribution in [3.8, 4) is 0 Å². The molecule has 1 aromatic carbocycles. The lowest BCUT2D eigenvalue weighted by Crippen LogP contribution is -2.49. The van der Waals surface area contributed by atoms with Crippen LogP contribution in [0, 0.1) is 6.92 Å². The van der Waals surface area contributed by atoms with Gasteiger partial charge in [0.25, 0.3) is 0 Å². The van der Waals surface area contributed by atoms with Crippen molar-refractivity contribution in [1.82, 2.24) is 19.6 Å². The van der Waals surface area contributed by atoms with Crippen molar-refractivity contribution in [2.24, 2.45) is 0 Å². The summed E-state index contributed by atoms with van der Waals surface area (Å²) in [6, 6.07) is 5.50. The highest BCUT2D eigenvalue weighted by Gasteiger charge is 2.22. The molecule has 6 nitrogen and oxygen atoms in total. The Labute approximate surface area is 166 Å². The van der Waals surface area contributed by atoms with Crippen LogP contribution >= 0.6 is 11.6 Å². The highest BCUT2D eigenvalue weighted by atomic mass is 35.5. The van der Waals surface area contributed by atoms with E-state index < -0.39 is 0 Å². The van der Waals surface area contributed by atoms with Crippen LogP contribution < -0.4 is 5.32 Å². The average Bonchev–Trinajstić information content (AvgIpc) is 3.08. The molecule has 0 aliphatic carbocycles. The van der Waals surface area contributed by atoms with Crippen LogP contribution in [0.5, 0.6) is 0 Å². The van der Waals surface area contributed by atoms with Crippen molar-refractivity contribution in [3.63, 3.8) is 0 Å². The quantitative estimate of drug-likeness (QED) is 0.864. The van der Waals surface area contributed by atoms with Gasteiger partial charge >= 0.3 is 6.03 Å². The fraction of sp³-hybridized carbons (Fsp3) is 0.500. The number of nitrogens with zero attached hydrogens (tertiary/aromatic N) is 4. The number of nitrogens with one attached hydrogen (secondary N) is 1. The summed E-state index contributed by atoms with van der Waals surface area (Å²) in [7, 11) is 0. The third-order valence-electron chi connectivity index (χ3n) is 4.81. The van der Waals surface area contributed by atoms with E-state index in [0.29, 0.717) is 18.1 Å². The molecule has 0 atom stereocenters. The molecule has 0 radical (unpaired) electrons. The Balaban J connectivity index is 1.50. The van der Waals surface area contributed by atoms with Crippen LogP contribution in [-0.2, 0) is 12.1 Å². The van der Waals surface area contributed by atoms with Gasteiger partial charge in [0.1, 0.15) is 0 Å². The summed E-state index contributed by atoms with van der Waals surface area (Å²) in [5, 5.41) is 8.06. The molecule has 2 heterocycles. The molecule has 7 heteroatoms. The summed E-state index contributed by atoms with van der Waals surface area (Å²) < 4.78 is 2.00. The number of piperazine rings is 1. The number of halogens is 1. The molecule has 1 aliphatic rings. The zero-order chi connectivity index (χ0) is 19.6. The molecule has 0 bridgehead atoms. The van der Waals surface area contributed by atoms with Crippen molar-refractivity contribution in [3.05, 3.63) is 46.7 Å². The van der Waals surface area contributed by atoms with Crippen LogP contribution in [0.4, 0.5) is 10.5 Å². The predicted octanol–water partition coefficient (Wildman–Crippen LogP) is 3.95. The van der Waals surface area contributed by atoms with Gasteiger partial charge in [0.05, 0.1) is 11.7 Å². The largest absolute Gasteiger partial charge is 0.322 e. The molecule has 2 aromatic rings. The van der Waals surface area contributed by atoms with Crippen molar-refractivity contribution in [2.75, 3.05) is 31.5 Å². The first-order chi connectivity index (χ1) is 12.7. The van der Waals surface area contributed by atoms with Gasteiger partial charge in [-0.1, -0.05) is 17.7 Å². The Morgan fingerprint density at radius 3 is 2.52 bits per heavy atom. The van der Waals surface area contributed by atoms with E-state index in [1.807, 2.05) is 34.8 Å². The van der Waals surface area contributed by atoms with Crippen LogP contribution in [-0.4, -0.2) is 51.8 Å². The van der Waals surface area contributed by atoms with Crippen molar-refractivity contribution < 1.29 is 4.79 Å². The van der Waals surface area contributed by atoms with E-state index in [2.05, 4.69) is 42.3 Å². The fourth-order valence-corrected chi connectivity index (χ4v) is 3.23. The van der Waals surface area contributed by atoms with Crippen molar-refractivity contribution in [2.45, 2.75) is 39.8 Å². The molecule has 1 aromatic heterocycles. The van der Waals surface area contributed by atoms with Crippen LogP contribution in [0.1, 0.15) is 31.9 Å². The molecule has 1 fully saturated rings. The summed E-state index contributed by atoms with van der Waals surface area (Å²) in [6.07, 6.45) is 4.05. The van der Waals surface area contributed by atoms with Crippen molar-refractivity contribution >= 4 is 23.3 Å². The number of benzene rings is 1. The zero-order valence-electron chi connectivity index (χ0n) is 16.5. The van der Waals surface area contributed by atoms with E-state index in [0.717, 1.165) is 30.9 Å². The third kappa shape index (κ3) is 5.02. The van der Waals surface area contributed by atoms with E-state index in [1.54, 1.807) is 6.07 Å². The smallest absolute Gasteiger partial charge is 0.321 e. The molecule has 0 spiro atoms. The molecule has 146 valence electrons. The van der Waals surface area contributed by atoms with E-state index in [9.17, 15) is 4.79 Å². The maximum Gasteiger partial charge on any atom is 0.321 e. The highest BCUT2D eigenvalue weighted by Crippen LogP contribution is 2.20. The molecule has 1 saturated heterocycles. The lowest BCUT2D eigenvalue weighted by atomic mass is 10.1. The number of anilines is 1. The number of rotatable bonds is 3. The second-order valence-corrected chi connectivity index (χ2v) is 8.53. The Morgan fingerprint density at radius 1 is 1.22 bits per heavy atom. The number of aromatic nitrogens is 2. The maximum atomic E-state index is 12.5. The molecule has 1 aliphatic heterocycles. The summed E-state index contributed by atoms with van der Waals surface area (Å²) >= 11 is 6.13. The number of hydrogen-bond acceptors (Lipinski definition) is 3. The molecule has 27 heavy (non-hydrogen) atoms. The van der Waals surface area contributed by atoms with E-state index >= 15 is 0 Å². The number of amides is 2. The van der Waals surface area contributed by atoms with E-state index in [4.69, 9.17) is 11.6 Å². The SMILES string of the molecule is Cc1ccc(NC(=O)N2CCN(Cc3cnn(C(C)(C)C)c3)CC2)cc1Cl. The normalized spacial score (nSPS) is 15.8. The Morgan fingerprint density at radius 2 is 1.93 bits per heavy atom. The second-order valence-electron chi connectivity index (χ2n) is 8.12. The Bertz CT molecular complexity index is 803. The minimum absolute atomic E-state index is 0.00604. The van der Waals surface area contributed by atoms with Gasteiger partial charge < -0.3 is 10.2 Å². The van der Waals surface area contributed by atoms with Crippen LogP contribution in [0.15, 0.2) is 30.6 Å². The first-order valence-electron chi connectivity index (χ1n) is 9.31. The highest BCUT2D eigenvalue weighted by molar-refractivity contribution is 6.31. The molecule has 0 saturated carbocycles. The molecular formula is C20H28ClN5O. The van der Waals surface area contributed by atoms with Gasteiger partial charge in [-0.05, 0) is 45.4 Å². The first-order valence-corrected chi connectivity index (χ1v) is 9.68. The Kier molecular flexibility index (Phi) is 5.77. The van der Waals surface area contributed by atoms with Gasteiger partial charge in [-0.2, -0.15) is 5.10 Å². The zero-order valence-corrected chi connectivity index (χ0v) is 17.3. The number of carbonyl (C=O) groups is 1. The van der Waals surface area contributed by atoms with Gasteiger partial charge in [0.2, 0.25) is 0 Å². The lowest BCUT2D eigenvalue weighted by molar-refractivity contribution is 0.143. The molecule has 3 rings (SSSR count). The summed E-state index contributed by atoms with van der Waals surface area (Å²) in [5.74, 6) is 0. The molecular weight excluding hydrogens is 362 g/mol. The van der Waals surface area contributed by atoms with Gasteiger partial charge in [-0.25, -0.2) is 4.79 Å². The Hall–Kier alpha value is -2.05. The third-order valence-corrected chi connectivity index (χ3v) is 5.22. The minimum Gasteiger partial charge on any atom is -0.322 e. The van der Waals surface area contributed by atoms with E-state index in [-0.39, 0.29) is 11.6 Å².